The zero-order valence-electron chi connectivity index (χ0n) is 9.47. The standard InChI is InChI=1S/C10H20N4O/c1-3-12-10(11-2)14-7-6-13-9(15)8-4-5-8/h8H,3-7H2,1-2H3,(H,13,15)(H2,11,12,14). The zero-order valence-corrected chi connectivity index (χ0v) is 9.47. The lowest BCUT2D eigenvalue weighted by Crippen LogP contribution is -2.41. The van der Waals surface area contributed by atoms with Crippen LogP contribution in [0.2, 0.25) is 0 Å². The topological polar surface area (TPSA) is 65.5 Å². The van der Waals surface area contributed by atoms with Crippen molar-refractivity contribution in [1.29, 1.82) is 0 Å². The molecule has 0 unspecified atom stereocenters. The summed E-state index contributed by atoms with van der Waals surface area (Å²) in [6, 6.07) is 0. The van der Waals surface area contributed by atoms with Crippen molar-refractivity contribution >= 4 is 11.9 Å². The summed E-state index contributed by atoms with van der Waals surface area (Å²) in [5.41, 5.74) is 0. The third kappa shape index (κ3) is 4.67. The summed E-state index contributed by atoms with van der Waals surface area (Å²) in [6.45, 7) is 4.22. The maximum Gasteiger partial charge on any atom is 0.223 e. The van der Waals surface area contributed by atoms with Crippen LogP contribution in [-0.2, 0) is 4.79 Å². The molecule has 0 aliphatic heterocycles. The summed E-state index contributed by atoms with van der Waals surface area (Å²) in [5.74, 6) is 1.26. The highest BCUT2D eigenvalue weighted by Crippen LogP contribution is 2.28. The first-order chi connectivity index (χ1) is 7.27. The van der Waals surface area contributed by atoms with Crippen molar-refractivity contribution in [3.63, 3.8) is 0 Å². The molecule has 0 saturated heterocycles. The number of carbonyl (C=O) groups excluding carboxylic acids is 1. The number of nitrogens with zero attached hydrogens (tertiary/aromatic N) is 1. The fourth-order valence-electron chi connectivity index (χ4n) is 1.24. The third-order valence-corrected chi connectivity index (χ3v) is 2.23. The van der Waals surface area contributed by atoms with Gasteiger partial charge in [-0.3, -0.25) is 9.79 Å². The third-order valence-electron chi connectivity index (χ3n) is 2.23. The van der Waals surface area contributed by atoms with E-state index in [9.17, 15) is 4.79 Å². The van der Waals surface area contributed by atoms with Crippen molar-refractivity contribution in [2.24, 2.45) is 10.9 Å². The summed E-state index contributed by atoms with van der Waals surface area (Å²) in [5, 5.41) is 9.07. The average molecular weight is 212 g/mol. The van der Waals surface area contributed by atoms with E-state index in [1.807, 2.05) is 6.92 Å². The molecule has 86 valence electrons. The minimum atomic E-state index is 0.190. The molecule has 5 nitrogen and oxygen atoms in total. The number of carbonyl (C=O) groups is 1. The highest BCUT2D eigenvalue weighted by atomic mass is 16.2. The van der Waals surface area contributed by atoms with Gasteiger partial charge in [0, 0.05) is 32.6 Å². The van der Waals surface area contributed by atoms with Gasteiger partial charge in [-0.25, -0.2) is 0 Å². The molecular weight excluding hydrogens is 192 g/mol. The van der Waals surface area contributed by atoms with Crippen LogP contribution in [0.3, 0.4) is 0 Å². The summed E-state index contributed by atoms with van der Waals surface area (Å²) >= 11 is 0. The molecule has 1 saturated carbocycles. The predicted molar refractivity (Wildman–Crippen MR) is 60.8 cm³/mol. The van der Waals surface area contributed by atoms with Gasteiger partial charge in [-0.2, -0.15) is 0 Å². The van der Waals surface area contributed by atoms with Crippen LogP contribution in [0.1, 0.15) is 19.8 Å². The smallest absolute Gasteiger partial charge is 0.223 e. The second-order valence-electron chi connectivity index (χ2n) is 3.59. The second kappa shape index (κ2) is 6.27. The maximum atomic E-state index is 11.3. The number of rotatable bonds is 5. The van der Waals surface area contributed by atoms with E-state index in [1.54, 1.807) is 7.05 Å². The van der Waals surface area contributed by atoms with Gasteiger partial charge in [-0.15, -0.1) is 0 Å². The number of amides is 1. The van der Waals surface area contributed by atoms with Gasteiger partial charge in [0.25, 0.3) is 0 Å². The number of guanidine groups is 1. The predicted octanol–water partition coefficient (Wildman–Crippen LogP) is -0.302. The van der Waals surface area contributed by atoms with Gasteiger partial charge in [0.15, 0.2) is 5.96 Å². The van der Waals surface area contributed by atoms with Gasteiger partial charge in [0.1, 0.15) is 0 Å². The van der Waals surface area contributed by atoms with Crippen LogP contribution < -0.4 is 16.0 Å². The molecule has 1 aliphatic carbocycles. The van der Waals surface area contributed by atoms with E-state index in [0.29, 0.717) is 13.1 Å². The van der Waals surface area contributed by atoms with Crippen molar-refractivity contribution in [2.75, 3.05) is 26.7 Å². The normalized spacial score (nSPS) is 16.0. The Morgan fingerprint density at radius 3 is 2.47 bits per heavy atom. The molecule has 0 aromatic heterocycles. The Morgan fingerprint density at radius 2 is 1.93 bits per heavy atom. The lowest BCUT2D eigenvalue weighted by atomic mass is 10.4. The molecule has 1 aliphatic rings. The lowest BCUT2D eigenvalue weighted by molar-refractivity contribution is -0.122. The summed E-state index contributed by atoms with van der Waals surface area (Å²) in [7, 11) is 1.73. The Bertz CT molecular complexity index is 236. The van der Waals surface area contributed by atoms with Crippen molar-refractivity contribution in [1.82, 2.24) is 16.0 Å². The van der Waals surface area contributed by atoms with Crippen molar-refractivity contribution in [3.8, 4) is 0 Å². The summed E-state index contributed by atoms with van der Waals surface area (Å²) in [4.78, 5) is 15.3. The molecule has 0 radical (unpaired) electrons. The number of nitrogens with one attached hydrogen (secondary N) is 3. The zero-order chi connectivity index (χ0) is 11.1. The quantitative estimate of drug-likeness (QED) is 0.333. The van der Waals surface area contributed by atoms with Gasteiger partial charge >= 0.3 is 0 Å². The minimum absolute atomic E-state index is 0.190. The Hall–Kier alpha value is -1.26. The Morgan fingerprint density at radius 1 is 1.27 bits per heavy atom. The van der Waals surface area contributed by atoms with E-state index in [0.717, 1.165) is 25.3 Å². The van der Waals surface area contributed by atoms with E-state index < -0.39 is 0 Å². The fourth-order valence-corrected chi connectivity index (χ4v) is 1.24. The number of aliphatic imine (C=N–C) groups is 1. The van der Waals surface area contributed by atoms with E-state index in [-0.39, 0.29) is 11.8 Å². The number of hydrogen-bond donors (Lipinski definition) is 3. The molecule has 0 heterocycles. The Balaban J connectivity index is 2.02. The first kappa shape index (κ1) is 11.8. The molecular formula is C10H20N4O. The van der Waals surface area contributed by atoms with Gasteiger partial charge < -0.3 is 16.0 Å². The van der Waals surface area contributed by atoms with Crippen LogP contribution >= 0.6 is 0 Å². The van der Waals surface area contributed by atoms with E-state index in [2.05, 4.69) is 20.9 Å². The van der Waals surface area contributed by atoms with Gasteiger partial charge in [0.2, 0.25) is 5.91 Å². The van der Waals surface area contributed by atoms with Crippen molar-refractivity contribution in [3.05, 3.63) is 0 Å². The highest BCUT2D eigenvalue weighted by molar-refractivity contribution is 5.81. The van der Waals surface area contributed by atoms with E-state index in [1.165, 1.54) is 0 Å². The van der Waals surface area contributed by atoms with Gasteiger partial charge in [-0.05, 0) is 19.8 Å². The SMILES string of the molecule is CCNC(=NC)NCCNC(=O)C1CC1. The van der Waals surface area contributed by atoms with Gasteiger partial charge in [0.05, 0.1) is 0 Å². The first-order valence-electron chi connectivity index (χ1n) is 5.50. The van der Waals surface area contributed by atoms with Crippen molar-refractivity contribution in [2.45, 2.75) is 19.8 Å². The molecule has 3 N–H and O–H groups in total. The number of hydrogen-bond acceptors (Lipinski definition) is 2. The molecule has 1 fully saturated rings. The molecule has 0 bridgehead atoms. The highest BCUT2D eigenvalue weighted by Gasteiger charge is 2.28. The van der Waals surface area contributed by atoms with Crippen molar-refractivity contribution < 1.29 is 4.79 Å². The second-order valence-corrected chi connectivity index (χ2v) is 3.59. The molecule has 5 heteroatoms. The van der Waals surface area contributed by atoms with Crippen LogP contribution in [-0.4, -0.2) is 38.5 Å². The Labute approximate surface area is 90.7 Å². The lowest BCUT2D eigenvalue weighted by Gasteiger charge is -2.10. The van der Waals surface area contributed by atoms with E-state index in [4.69, 9.17) is 0 Å². The maximum absolute atomic E-state index is 11.3. The fraction of sp³-hybridized carbons (Fsp3) is 0.800. The van der Waals surface area contributed by atoms with Crippen LogP contribution in [0, 0.1) is 5.92 Å². The molecule has 1 rings (SSSR count). The van der Waals surface area contributed by atoms with Crippen LogP contribution in [0.5, 0.6) is 0 Å². The molecule has 0 aromatic carbocycles. The molecule has 15 heavy (non-hydrogen) atoms. The van der Waals surface area contributed by atoms with Crippen LogP contribution in [0.25, 0.3) is 0 Å². The van der Waals surface area contributed by atoms with Crippen LogP contribution in [0.15, 0.2) is 4.99 Å². The average Bonchev–Trinajstić information content (AvgIpc) is 3.05. The summed E-state index contributed by atoms with van der Waals surface area (Å²) in [6.07, 6.45) is 2.11. The monoisotopic (exact) mass is 212 g/mol. The van der Waals surface area contributed by atoms with E-state index >= 15 is 0 Å². The largest absolute Gasteiger partial charge is 0.357 e. The summed E-state index contributed by atoms with van der Waals surface area (Å²) < 4.78 is 0. The molecule has 1 amide bonds. The van der Waals surface area contributed by atoms with Gasteiger partial charge in [-0.1, -0.05) is 0 Å². The van der Waals surface area contributed by atoms with Crippen LogP contribution in [0.4, 0.5) is 0 Å². The molecule has 0 aromatic rings. The molecule has 0 spiro atoms. The Kier molecular flexibility index (Phi) is 4.93. The molecule has 0 atom stereocenters. The first-order valence-corrected chi connectivity index (χ1v) is 5.50. The minimum Gasteiger partial charge on any atom is -0.357 e.